The quantitative estimate of drug-likeness (QED) is 0.169. The van der Waals surface area contributed by atoms with Crippen LogP contribution in [0, 0.1) is 0 Å². The van der Waals surface area contributed by atoms with Gasteiger partial charge in [0, 0.05) is 33.6 Å². The number of aryl methyl sites for hydroxylation is 2. The van der Waals surface area contributed by atoms with Crippen molar-refractivity contribution < 1.29 is 46.1 Å². The minimum atomic E-state index is -4.67. The van der Waals surface area contributed by atoms with Crippen molar-refractivity contribution in [3.05, 3.63) is 58.9 Å². The van der Waals surface area contributed by atoms with E-state index in [-0.39, 0.29) is 11.4 Å². The smallest absolute Gasteiger partial charge is 0.435 e. The van der Waals surface area contributed by atoms with E-state index in [0.717, 1.165) is 44.2 Å². The number of thiophene rings is 3. The van der Waals surface area contributed by atoms with Crippen molar-refractivity contribution in [1.82, 2.24) is 19.6 Å². The molecule has 0 fully saturated rings. The van der Waals surface area contributed by atoms with E-state index in [1.54, 1.807) is 12.1 Å². The van der Waals surface area contributed by atoms with Gasteiger partial charge in [0.15, 0.2) is 11.4 Å². The molecule has 0 unspecified atom stereocenters. The fourth-order valence-electron chi connectivity index (χ4n) is 4.37. The highest BCUT2D eigenvalue weighted by Gasteiger charge is 2.36. The third-order valence-corrected chi connectivity index (χ3v) is 10.0. The Bertz CT molecular complexity index is 1730. The summed E-state index contributed by atoms with van der Waals surface area (Å²) in [5.41, 5.74) is -1.16. The van der Waals surface area contributed by atoms with Crippen molar-refractivity contribution in [1.29, 1.82) is 0 Å². The Kier molecular flexibility index (Phi) is 7.77. The third kappa shape index (κ3) is 6.23. The number of nitrogens with zero attached hydrogens (tertiary/aromatic N) is 4. The van der Waals surface area contributed by atoms with E-state index in [4.69, 9.17) is 0 Å². The molecule has 0 aromatic carbocycles. The predicted octanol–water partition coefficient (Wildman–Crippen LogP) is 7.30. The summed E-state index contributed by atoms with van der Waals surface area (Å²) in [6, 6.07) is 8.14. The van der Waals surface area contributed by atoms with Gasteiger partial charge in [-0.25, -0.2) is 0 Å². The van der Waals surface area contributed by atoms with Gasteiger partial charge in [0.05, 0.1) is 34.0 Å². The summed E-state index contributed by atoms with van der Waals surface area (Å²) in [5, 5.41) is 26.0. The van der Waals surface area contributed by atoms with Gasteiger partial charge in [-0.1, -0.05) is 0 Å². The number of hydrogen-bond donors (Lipinski definition) is 2. The molecule has 5 aromatic rings. The number of carboxylic acid groups (broad SMARTS) is 2. The van der Waals surface area contributed by atoms with Crippen molar-refractivity contribution >= 4 is 45.9 Å². The molecule has 5 rings (SSSR count). The lowest BCUT2D eigenvalue weighted by atomic mass is 10.1. The standard InChI is InChI=1S/C26H18F6N4O4S3/c1-35-13(9-19(33-35)25(27,28)29)17-5-11(7-21(37)38)23(42-17)15-3-4-16(41-15)24-12(8-22(39)40)6-18(43-24)14-10-20(26(30,31)32)34-36(14)2/h3-6,9-10H,7-8H2,1-2H3,(H,37,38)(H,39,40). The van der Waals surface area contributed by atoms with Crippen LogP contribution in [-0.2, 0) is 48.9 Å². The van der Waals surface area contributed by atoms with Crippen LogP contribution in [0.25, 0.3) is 40.7 Å². The van der Waals surface area contributed by atoms with E-state index in [1.165, 1.54) is 37.6 Å². The van der Waals surface area contributed by atoms with Gasteiger partial charge in [0.1, 0.15) is 0 Å². The summed E-state index contributed by atoms with van der Waals surface area (Å²) in [6.07, 6.45) is -10.1. The van der Waals surface area contributed by atoms with Gasteiger partial charge < -0.3 is 10.2 Å². The Morgan fingerprint density at radius 3 is 1.35 bits per heavy atom. The van der Waals surface area contributed by atoms with Gasteiger partial charge in [-0.3, -0.25) is 19.0 Å². The van der Waals surface area contributed by atoms with Crippen molar-refractivity contribution in [2.45, 2.75) is 25.2 Å². The first-order chi connectivity index (χ1) is 20.0. The number of carbonyl (C=O) groups is 2. The monoisotopic (exact) mass is 660 g/mol. The van der Waals surface area contributed by atoms with E-state index >= 15 is 0 Å². The molecule has 2 N–H and O–H groups in total. The number of halogens is 6. The minimum absolute atomic E-state index is 0.146. The number of aliphatic carboxylic acids is 2. The second-order valence-electron chi connectivity index (χ2n) is 9.31. The molecule has 0 saturated heterocycles. The Hall–Kier alpha value is -3.96. The molecule has 17 heteroatoms. The van der Waals surface area contributed by atoms with Crippen LogP contribution in [0.4, 0.5) is 26.3 Å². The molecule has 0 aliphatic carbocycles. The maximum atomic E-state index is 13.2. The van der Waals surface area contributed by atoms with E-state index in [9.17, 15) is 46.1 Å². The lowest BCUT2D eigenvalue weighted by Crippen LogP contribution is -2.06. The average Bonchev–Trinajstić information content (AvgIpc) is 3.67. The molecule has 0 bridgehead atoms. The SMILES string of the molecule is Cn1nc(C(F)(F)F)cc1-c1cc(CC(=O)O)c(-c2ccc(-c3sc(-c4cc(C(F)(F)F)nn4C)cc3CC(=O)O)s2)s1. The van der Waals surface area contributed by atoms with E-state index in [2.05, 4.69) is 10.2 Å². The molecular weight excluding hydrogens is 642 g/mol. The van der Waals surface area contributed by atoms with Crippen LogP contribution in [-0.4, -0.2) is 41.7 Å². The van der Waals surface area contributed by atoms with Crippen LogP contribution < -0.4 is 0 Å². The van der Waals surface area contributed by atoms with Crippen LogP contribution in [0.2, 0.25) is 0 Å². The van der Waals surface area contributed by atoms with Crippen LogP contribution in [0.3, 0.4) is 0 Å². The van der Waals surface area contributed by atoms with Gasteiger partial charge in [-0.15, -0.1) is 34.0 Å². The number of alkyl halides is 6. The number of hydrogen-bond acceptors (Lipinski definition) is 7. The first kappa shape index (κ1) is 30.5. The Morgan fingerprint density at radius 2 is 1.05 bits per heavy atom. The molecular formula is C26H18F6N4O4S3. The Balaban J connectivity index is 1.57. The normalized spacial score (nSPS) is 12.3. The number of carboxylic acids is 2. The van der Waals surface area contributed by atoms with Crippen LogP contribution >= 0.6 is 34.0 Å². The second-order valence-corrected chi connectivity index (χ2v) is 12.5. The maximum absolute atomic E-state index is 13.2. The van der Waals surface area contributed by atoms with Gasteiger partial charge in [0.25, 0.3) is 0 Å². The summed E-state index contributed by atoms with van der Waals surface area (Å²) in [5.74, 6) is -2.30. The zero-order chi connectivity index (χ0) is 31.4. The molecule has 0 amide bonds. The molecule has 5 heterocycles. The van der Waals surface area contributed by atoms with Crippen molar-refractivity contribution in [2.75, 3.05) is 0 Å². The fraction of sp³-hybridized carbons (Fsp3) is 0.231. The van der Waals surface area contributed by atoms with Gasteiger partial charge in [-0.2, -0.15) is 36.5 Å². The zero-order valence-corrected chi connectivity index (χ0v) is 24.3. The summed E-state index contributed by atoms with van der Waals surface area (Å²) in [6.45, 7) is 0. The lowest BCUT2D eigenvalue weighted by molar-refractivity contribution is -0.142. The van der Waals surface area contributed by atoms with Crippen molar-refractivity contribution in [3.63, 3.8) is 0 Å². The second kappa shape index (κ2) is 10.9. The van der Waals surface area contributed by atoms with Gasteiger partial charge >= 0.3 is 24.3 Å². The third-order valence-electron chi connectivity index (χ3n) is 6.20. The van der Waals surface area contributed by atoms with E-state index < -0.39 is 48.5 Å². The fourth-order valence-corrected chi connectivity index (χ4v) is 8.12. The van der Waals surface area contributed by atoms with E-state index in [1.807, 2.05) is 0 Å². The Morgan fingerprint density at radius 1 is 0.674 bits per heavy atom. The van der Waals surface area contributed by atoms with E-state index in [0.29, 0.717) is 40.4 Å². The van der Waals surface area contributed by atoms with Crippen molar-refractivity contribution in [3.8, 4) is 40.7 Å². The summed E-state index contributed by atoms with van der Waals surface area (Å²) in [4.78, 5) is 26.1. The van der Waals surface area contributed by atoms with Crippen molar-refractivity contribution in [2.24, 2.45) is 14.1 Å². The largest absolute Gasteiger partial charge is 0.481 e. The highest BCUT2D eigenvalue weighted by atomic mass is 32.1. The topological polar surface area (TPSA) is 110 Å². The van der Waals surface area contributed by atoms with Crippen LogP contribution in [0.1, 0.15) is 22.5 Å². The first-order valence-electron chi connectivity index (χ1n) is 12.0. The van der Waals surface area contributed by atoms with Crippen LogP contribution in [0.15, 0.2) is 36.4 Å². The lowest BCUT2D eigenvalue weighted by Gasteiger charge is -1.99. The molecule has 0 saturated carbocycles. The maximum Gasteiger partial charge on any atom is 0.435 e. The summed E-state index contributed by atoms with van der Waals surface area (Å²) < 4.78 is 81.6. The predicted molar refractivity (Wildman–Crippen MR) is 148 cm³/mol. The highest BCUT2D eigenvalue weighted by molar-refractivity contribution is 7.28. The summed E-state index contributed by atoms with van der Waals surface area (Å²) >= 11 is 3.37. The molecule has 8 nitrogen and oxygen atoms in total. The molecule has 5 aromatic heterocycles. The Labute approximate surface area is 250 Å². The average molecular weight is 661 g/mol. The van der Waals surface area contributed by atoms with Gasteiger partial charge in [-0.05, 0) is 47.5 Å². The molecule has 0 aliphatic rings. The highest BCUT2D eigenvalue weighted by Crippen LogP contribution is 2.47. The molecule has 0 radical (unpaired) electrons. The van der Waals surface area contributed by atoms with Gasteiger partial charge in [0.2, 0.25) is 0 Å². The zero-order valence-electron chi connectivity index (χ0n) is 21.9. The molecule has 0 spiro atoms. The summed E-state index contributed by atoms with van der Waals surface area (Å²) in [7, 11) is 2.70. The molecule has 0 atom stereocenters. The van der Waals surface area contributed by atoms with Crippen LogP contribution in [0.5, 0.6) is 0 Å². The minimum Gasteiger partial charge on any atom is -0.481 e. The number of rotatable bonds is 8. The molecule has 226 valence electrons. The molecule has 43 heavy (non-hydrogen) atoms. The molecule has 0 aliphatic heterocycles. The first-order valence-corrected chi connectivity index (χ1v) is 14.5. The number of aromatic nitrogens is 4.